The number of carbonyl (C=O) groups excluding carboxylic acids is 3. The quantitative estimate of drug-likeness (QED) is 0.813. The van der Waals surface area contributed by atoms with E-state index >= 15 is 0 Å². The molecule has 106 valence electrons. The average Bonchev–Trinajstić information content (AvgIpc) is 2.44. The molecule has 6 heteroatoms. The van der Waals surface area contributed by atoms with Crippen molar-refractivity contribution in [3.8, 4) is 0 Å². The normalized spacial score (nSPS) is 21.9. The van der Waals surface area contributed by atoms with Gasteiger partial charge in [-0.25, -0.2) is 4.79 Å². The Hall–Kier alpha value is -2.37. The van der Waals surface area contributed by atoms with Crippen LogP contribution >= 0.6 is 0 Å². The van der Waals surface area contributed by atoms with Gasteiger partial charge in [0.1, 0.15) is 12.6 Å². The second-order valence-electron chi connectivity index (χ2n) is 4.49. The van der Waals surface area contributed by atoms with Gasteiger partial charge < -0.3 is 14.8 Å². The molecule has 0 radical (unpaired) electrons. The molecule has 1 aromatic rings. The molecule has 1 amide bonds. The van der Waals surface area contributed by atoms with Crippen LogP contribution < -0.4 is 5.32 Å². The maximum atomic E-state index is 11.6. The Bertz CT molecular complexity index is 514. The fourth-order valence-electron chi connectivity index (χ4n) is 1.76. The van der Waals surface area contributed by atoms with E-state index in [0.717, 1.165) is 5.56 Å². The summed E-state index contributed by atoms with van der Waals surface area (Å²) in [4.78, 5) is 34.5. The summed E-state index contributed by atoms with van der Waals surface area (Å²) in [6.45, 7) is 1.60. The Balaban J connectivity index is 1.82. The van der Waals surface area contributed by atoms with Gasteiger partial charge in [-0.15, -0.1) is 0 Å². The van der Waals surface area contributed by atoms with Crippen LogP contribution in [0.25, 0.3) is 0 Å². The van der Waals surface area contributed by atoms with Crippen LogP contribution in [-0.4, -0.2) is 30.0 Å². The van der Waals surface area contributed by atoms with E-state index in [1.807, 2.05) is 30.3 Å². The van der Waals surface area contributed by atoms with E-state index in [1.165, 1.54) is 6.92 Å². The molecular weight excluding hydrogens is 262 g/mol. The van der Waals surface area contributed by atoms with Gasteiger partial charge in [-0.1, -0.05) is 30.3 Å². The van der Waals surface area contributed by atoms with E-state index in [2.05, 4.69) is 5.32 Å². The standard InChI is InChI=1S/C14H15NO5/c1-9-13(17)15-11(14(18)20-9)7-12(16)19-8-10-5-3-2-4-6-10/h2-6,9,11H,7-8H2,1H3,(H,15,17). The predicted octanol–water partition coefficient (Wildman–Crippen LogP) is 0.550. The molecule has 1 aliphatic heterocycles. The second-order valence-corrected chi connectivity index (χ2v) is 4.49. The highest BCUT2D eigenvalue weighted by Crippen LogP contribution is 2.09. The lowest BCUT2D eigenvalue weighted by molar-refractivity contribution is -0.166. The number of morpholine rings is 1. The van der Waals surface area contributed by atoms with Crippen LogP contribution in [0.1, 0.15) is 18.9 Å². The van der Waals surface area contributed by atoms with E-state index < -0.39 is 30.0 Å². The Labute approximate surface area is 116 Å². The topological polar surface area (TPSA) is 81.7 Å². The SMILES string of the molecule is CC1OC(=O)C(CC(=O)OCc2ccccc2)NC1=O. The molecule has 20 heavy (non-hydrogen) atoms. The lowest BCUT2D eigenvalue weighted by Crippen LogP contribution is -2.53. The zero-order valence-corrected chi connectivity index (χ0v) is 11.0. The number of esters is 2. The number of carbonyl (C=O) groups is 3. The summed E-state index contributed by atoms with van der Waals surface area (Å²) in [5, 5.41) is 2.43. The van der Waals surface area contributed by atoms with Crippen LogP contribution in [-0.2, 0) is 30.5 Å². The second kappa shape index (κ2) is 6.18. The van der Waals surface area contributed by atoms with Crippen molar-refractivity contribution in [1.82, 2.24) is 5.32 Å². The third kappa shape index (κ3) is 3.57. The number of rotatable bonds is 4. The number of ether oxygens (including phenoxy) is 2. The first-order valence-electron chi connectivity index (χ1n) is 6.26. The summed E-state index contributed by atoms with van der Waals surface area (Å²) < 4.78 is 9.86. The number of cyclic esters (lactones) is 1. The van der Waals surface area contributed by atoms with Crippen molar-refractivity contribution in [1.29, 1.82) is 0 Å². The first-order chi connectivity index (χ1) is 9.56. The third-order valence-electron chi connectivity index (χ3n) is 2.88. The maximum Gasteiger partial charge on any atom is 0.330 e. The minimum atomic E-state index is -0.970. The van der Waals surface area contributed by atoms with Crippen molar-refractivity contribution in [2.24, 2.45) is 0 Å². The van der Waals surface area contributed by atoms with Crippen LogP contribution in [0.5, 0.6) is 0 Å². The molecule has 0 spiro atoms. The number of amides is 1. The molecule has 1 aromatic carbocycles. The third-order valence-corrected chi connectivity index (χ3v) is 2.88. The van der Waals surface area contributed by atoms with Gasteiger partial charge in [-0.3, -0.25) is 9.59 Å². The molecule has 1 N–H and O–H groups in total. The summed E-state index contributed by atoms with van der Waals surface area (Å²) in [6, 6.07) is 8.21. The van der Waals surface area contributed by atoms with Crippen molar-refractivity contribution in [3.05, 3.63) is 35.9 Å². The van der Waals surface area contributed by atoms with Gasteiger partial charge in [0.15, 0.2) is 6.10 Å². The molecule has 0 aliphatic carbocycles. The van der Waals surface area contributed by atoms with Crippen molar-refractivity contribution in [3.63, 3.8) is 0 Å². The fourth-order valence-corrected chi connectivity index (χ4v) is 1.76. The molecule has 2 atom stereocenters. The zero-order valence-electron chi connectivity index (χ0n) is 11.0. The van der Waals surface area contributed by atoms with Gasteiger partial charge in [-0.05, 0) is 12.5 Å². The van der Waals surface area contributed by atoms with Crippen LogP contribution in [0.4, 0.5) is 0 Å². The highest BCUT2D eigenvalue weighted by atomic mass is 16.6. The summed E-state index contributed by atoms with van der Waals surface area (Å²) in [7, 11) is 0. The number of nitrogens with one attached hydrogen (secondary N) is 1. The van der Waals surface area contributed by atoms with E-state index in [0.29, 0.717) is 0 Å². The molecule has 0 saturated carbocycles. The van der Waals surface area contributed by atoms with Gasteiger partial charge >= 0.3 is 11.9 Å². The highest BCUT2D eigenvalue weighted by molar-refractivity contribution is 5.94. The summed E-state index contributed by atoms with van der Waals surface area (Å²) in [5.74, 6) is -1.59. The lowest BCUT2D eigenvalue weighted by atomic mass is 10.1. The van der Waals surface area contributed by atoms with Gasteiger partial charge in [-0.2, -0.15) is 0 Å². The lowest BCUT2D eigenvalue weighted by Gasteiger charge is -2.25. The molecule has 1 saturated heterocycles. The highest BCUT2D eigenvalue weighted by Gasteiger charge is 2.34. The van der Waals surface area contributed by atoms with Crippen LogP contribution in [0.3, 0.4) is 0 Å². The summed E-state index contributed by atoms with van der Waals surface area (Å²) in [5.41, 5.74) is 0.852. The van der Waals surface area contributed by atoms with Gasteiger partial charge in [0.2, 0.25) is 0 Å². The van der Waals surface area contributed by atoms with Crippen molar-refractivity contribution < 1.29 is 23.9 Å². The van der Waals surface area contributed by atoms with E-state index in [1.54, 1.807) is 0 Å². The number of hydrogen-bond acceptors (Lipinski definition) is 5. The first-order valence-corrected chi connectivity index (χ1v) is 6.26. The Morgan fingerprint density at radius 3 is 2.70 bits per heavy atom. The molecule has 0 bridgehead atoms. The number of benzene rings is 1. The summed E-state index contributed by atoms with van der Waals surface area (Å²) >= 11 is 0. The Kier molecular flexibility index (Phi) is 4.34. The molecule has 6 nitrogen and oxygen atoms in total. The van der Waals surface area contributed by atoms with Crippen LogP contribution in [0.2, 0.25) is 0 Å². The Morgan fingerprint density at radius 1 is 1.30 bits per heavy atom. The van der Waals surface area contributed by atoms with E-state index in [-0.39, 0.29) is 13.0 Å². The van der Waals surface area contributed by atoms with Gasteiger partial charge in [0, 0.05) is 0 Å². The maximum absolute atomic E-state index is 11.6. The largest absolute Gasteiger partial charge is 0.461 e. The molecule has 2 rings (SSSR count). The number of hydrogen-bond donors (Lipinski definition) is 1. The van der Waals surface area contributed by atoms with Crippen LogP contribution in [0.15, 0.2) is 30.3 Å². The van der Waals surface area contributed by atoms with E-state index in [4.69, 9.17) is 9.47 Å². The van der Waals surface area contributed by atoms with Crippen molar-refractivity contribution >= 4 is 17.8 Å². The monoisotopic (exact) mass is 277 g/mol. The molecular formula is C14H15NO5. The minimum absolute atomic E-state index is 0.131. The van der Waals surface area contributed by atoms with E-state index in [9.17, 15) is 14.4 Å². The summed E-state index contributed by atoms with van der Waals surface area (Å²) in [6.07, 6.45) is -1.05. The minimum Gasteiger partial charge on any atom is -0.461 e. The molecule has 1 aliphatic rings. The zero-order chi connectivity index (χ0) is 14.5. The molecule has 1 fully saturated rings. The Morgan fingerprint density at radius 2 is 2.00 bits per heavy atom. The predicted molar refractivity (Wildman–Crippen MR) is 68.3 cm³/mol. The fraction of sp³-hybridized carbons (Fsp3) is 0.357. The average molecular weight is 277 g/mol. The van der Waals surface area contributed by atoms with Gasteiger partial charge in [0.05, 0.1) is 6.42 Å². The molecule has 1 heterocycles. The smallest absolute Gasteiger partial charge is 0.330 e. The van der Waals surface area contributed by atoms with Crippen molar-refractivity contribution in [2.75, 3.05) is 0 Å². The molecule has 2 unspecified atom stereocenters. The van der Waals surface area contributed by atoms with Crippen molar-refractivity contribution in [2.45, 2.75) is 32.1 Å². The van der Waals surface area contributed by atoms with Gasteiger partial charge in [0.25, 0.3) is 5.91 Å². The van der Waals surface area contributed by atoms with Crippen LogP contribution in [0, 0.1) is 0 Å². The molecule has 0 aromatic heterocycles. The first kappa shape index (κ1) is 14.0.